The standard InChI is InChI=1S/C22H15NO/c23-18-7-3-6-14(10-18)17-8-9-21-19(12-17)20-11-15-4-1-2-5-16(15)13-22(20)24-21/h1-13H,23H2. The summed E-state index contributed by atoms with van der Waals surface area (Å²) in [6.45, 7) is 0. The lowest BCUT2D eigenvalue weighted by Crippen LogP contribution is -1.84. The van der Waals surface area contributed by atoms with Gasteiger partial charge in [0.25, 0.3) is 0 Å². The molecule has 24 heavy (non-hydrogen) atoms. The minimum absolute atomic E-state index is 0.774. The fourth-order valence-electron chi connectivity index (χ4n) is 3.36. The molecule has 5 rings (SSSR count). The number of anilines is 1. The first-order valence-corrected chi connectivity index (χ1v) is 7.99. The van der Waals surface area contributed by atoms with Crippen LogP contribution in [0.5, 0.6) is 0 Å². The van der Waals surface area contributed by atoms with Gasteiger partial charge in [0.2, 0.25) is 0 Å². The van der Waals surface area contributed by atoms with Crippen molar-refractivity contribution < 1.29 is 4.42 Å². The third-order valence-electron chi connectivity index (χ3n) is 4.56. The predicted molar refractivity (Wildman–Crippen MR) is 101 cm³/mol. The molecule has 0 radical (unpaired) electrons. The highest BCUT2D eigenvalue weighted by Crippen LogP contribution is 2.34. The lowest BCUT2D eigenvalue weighted by molar-refractivity contribution is 0.669. The maximum atomic E-state index is 6.05. The molecule has 0 bridgehead atoms. The summed E-state index contributed by atoms with van der Waals surface area (Å²) in [7, 11) is 0. The van der Waals surface area contributed by atoms with Gasteiger partial charge in [-0.05, 0) is 58.3 Å². The lowest BCUT2D eigenvalue weighted by atomic mass is 10.0. The van der Waals surface area contributed by atoms with E-state index >= 15 is 0 Å². The van der Waals surface area contributed by atoms with Crippen molar-refractivity contribution in [1.82, 2.24) is 0 Å². The van der Waals surface area contributed by atoms with Crippen molar-refractivity contribution in [2.75, 3.05) is 5.73 Å². The van der Waals surface area contributed by atoms with Crippen LogP contribution in [0.2, 0.25) is 0 Å². The van der Waals surface area contributed by atoms with Crippen LogP contribution in [0, 0.1) is 0 Å². The first-order chi connectivity index (χ1) is 11.8. The minimum Gasteiger partial charge on any atom is -0.456 e. The van der Waals surface area contributed by atoms with Gasteiger partial charge in [-0.3, -0.25) is 0 Å². The van der Waals surface area contributed by atoms with Crippen LogP contribution in [0.1, 0.15) is 0 Å². The second kappa shape index (κ2) is 4.87. The van der Waals surface area contributed by atoms with Crippen molar-refractivity contribution >= 4 is 38.4 Å². The maximum absolute atomic E-state index is 6.05. The Kier molecular flexibility index (Phi) is 2.68. The van der Waals surface area contributed by atoms with E-state index in [2.05, 4.69) is 54.6 Å². The summed E-state index contributed by atoms with van der Waals surface area (Å²) in [5.41, 5.74) is 10.8. The Hall–Kier alpha value is -3.26. The van der Waals surface area contributed by atoms with Gasteiger partial charge in [-0.2, -0.15) is 0 Å². The van der Waals surface area contributed by atoms with Gasteiger partial charge in [-0.15, -0.1) is 0 Å². The number of benzene rings is 4. The zero-order valence-corrected chi connectivity index (χ0v) is 13.0. The topological polar surface area (TPSA) is 39.2 Å². The predicted octanol–water partition coefficient (Wildman–Crippen LogP) is 5.99. The Morgan fingerprint density at radius 3 is 2.17 bits per heavy atom. The summed E-state index contributed by atoms with van der Waals surface area (Å²) in [5.74, 6) is 0. The summed E-state index contributed by atoms with van der Waals surface area (Å²) in [4.78, 5) is 0. The van der Waals surface area contributed by atoms with E-state index in [9.17, 15) is 0 Å². The smallest absolute Gasteiger partial charge is 0.136 e. The first-order valence-electron chi connectivity index (χ1n) is 7.99. The molecular formula is C22H15NO. The molecule has 2 N–H and O–H groups in total. The van der Waals surface area contributed by atoms with Crippen molar-refractivity contribution in [2.45, 2.75) is 0 Å². The highest BCUT2D eigenvalue weighted by atomic mass is 16.3. The molecule has 2 nitrogen and oxygen atoms in total. The summed E-state index contributed by atoms with van der Waals surface area (Å²) in [6.07, 6.45) is 0. The van der Waals surface area contributed by atoms with E-state index in [1.807, 2.05) is 24.3 Å². The zero-order chi connectivity index (χ0) is 16.1. The lowest BCUT2D eigenvalue weighted by Gasteiger charge is -2.03. The fraction of sp³-hybridized carbons (Fsp3) is 0. The fourth-order valence-corrected chi connectivity index (χ4v) is 3.36. The largest absolute Gasteiger partial charge is 0.456 e. The zero-order valence-electron chi connectivity index (χ0n) is 13.0. The molecule has 0 aliphatic heterocycles. The second-order valence-corrected chi connectivity index (χ2v) is 6.13. The molecule has 0 spiro atoms. The summed E-state index contributed by atoms with van der Waals surface area (Å²) >= 11 is 0. The number of hydrogen-bond acceptors (Lipinski definition) is 2. The Balaban J connectivity index is 1.81. The summed E-state index contributed by atoms with van der Waals surface area (Å²) in [6, 6.07) is 27.0. The van der Waals surface area contributed by atoms with Crippen LogP contribution < -0.4 is 5.73 Å². The number of fused-ring (bicyclic) bond motifs is 4. The highest BCUT2D eigenvalue weighted by Gasteiger charge is 2.10. The molecule has 0 saturated carbocycles. The van der Waals surface area contributed by atoms with Crippen molar-refractivity contribution in [3.63, 3.8) is 0 Å². The van der Waals surface area contributed by atoms with Gasteiger partial charge < -0.3 is 10.2 Å². The molecule has 2 heteroatoms. The summed E-state index contributed by atoms with van der Waals surface area (Å²) < 4.78 is 6.05. The van der Waals surface area contributed by atoms with Gasteiger partial charge in [0.05, 0.1) is 0 Å². The van der Waals surface area contributed by atoms with Crippen LogP contribution in [0.3, 0.4) is 0 Å². The molecule has 0 fully saturated rings. The number of rotatable bonds is 1. The molecular weight excluding hydrogens is 294 g/mol. The van der Waals surface area contributed by atoms with Gasteiger partial charge in [0.15, 0.2) is 0 Å². The molecule has 0 aliphatic carbocycles. The average molecular weight is 309 g/mol. The van der Waals surface area contributed by atoms with E-state index in [-0.39, 0.29) is 0 Å². The number of nitrogen functional groups attached to an aromatic ring is 1. The normalized spacial score (nSPS) is 11.5. The molecule has 0 aliphatic rings. The molecule has 0 amide bonds. The third kappa shape index (κ3) is 1.97. The van der Waals surface area contributed by atoms with Gasteiger partial charge >= 0.3 is 0 Å². The third-order valence-corrected chi connectivity index (χ3v) is 4.56. The van der Waals surface area contributed by atoms with Crippen LogP contribution in [-0.4, -0.2) is 0 Å². The van der Waals surface area contributed by atoms with Gasteiger partial charge in [0.1, 0.15) is 11.2 Å². The molecule has 0 unspecified atom stereocenters. The number of nitrogens with two attached hydrogens (primary N) is 1. The van der Waals surface area contributed by atoms with E-state index in [0.29, 0.717) is 0 Å². The number of hydrogen-bond donors (Lipinski definition) is 1. The Morgan fingerprint density at radius 2 is 1.33 bits per heavy atom. The molecule has 0 saturated heterocycles. The van der Waals surface area contributed by atoms with E-state index in [4.69, 9.17) is 10.2 Å². The van der Waals surface area contributed by atoms with E-state index < -0.39 is 0 Å². The molecule has 114 valence electrons. The van der Waals surface area contributed by atoms with Crippen LogP contribution in [-0.2, 0) is 0 Å². The molecule has 4 aromatic carbocycles. The van der Waals surface area contributed by atoms with E-state index in [1.54, 1.807) is 0 Å². The average Bonchev–Trinajstić information content (AvgIpc) is 2.96. The van der Waals surface area contributed by atoms with Gasteiger partial charge in [0, 0.05) is 16.5 Å². The van der Waals surface area contributed by atoms with Crippen molar-refractivity contribution in [1.29, 1.82) is 0 Å². The molecule has 1 heterocycles. The Morgan fingerprint density at radius 1 is 0.583 bits per heavy atom. The van der Waals surface area contributed by atoms with Crippen LogP contribution in [0.15, 0.2) is 83.3 Å². The minimum atomic E-state index is 0.774. The Labute approximate surface area is 139 Å². The quantitative estimate of drug-likeness (QED) is 0.386. The number of furan rings is 1. The molecule has 0 atom stereocenters. The summed E-state index contributed by atoms with van der Waals surface area (Å²) in [5, 5.41) is 4.70. The van der Waals surface area contributed by atoms with Crippen LogP contribution in [0.25, 0.3) is 43.8 Å². The first kappa shape index (κ1) is 13.2. The van der Waals surface area contributed by atoms with Crippen LogP contribution >= 0.6 is 0 Å². The van der Waals surface area contributed by atoms with Crippen molar-refractivity contribution in [2.24, 2.45) is 0 Å². The van der Waals surface area contributed by atoms with E-state index in [1.165, 1.54) is 10.8 Å². The van der Waals surface area contributed by atoms with Crippen LogP contribution in [0.4, 0.5) is 5.69 Å². The van der Waals surface area contributed by atoms with Gasteiger partial charge in [-0.25, -0.2) is 0 Å². The molecule has 5 aromatic rings. The SMILES string of the molecule is Nc1cccc(-c2ccc3oc4cc5ccccc5cc4c3c2)c1. The van der Waals surface area contributed by atoms with Gasteiger partial charge in [-0.1, -0.05) is 42.5 Å². The van der Waals surface area contributed by atoms with Crippen molar-refractivity contribution in [3.8, 4) is 11.1 Å². The Bertz CT molecular complexity index is 1220. The van der Waals surface area contributed by atoms with E-state index in [0.717, 1.165) is 38.8 Å². The van der Waals surface area contributed by atoms with Crippen molar-refractivity contribution in [3.05, 3.63) is 78.9 Å². The molecule has 1 aromatic heterocycles. The maximum Gasteiger partial charge on any atom is 0.136 e. The monoisotopic (exact) mass is 309 g/mol. The highest BCUT2D eigenvalue weighted by molar-refractivity contribution is 6.10. The second-order valence-electron chi connectivity index (χ2n) is 6.13.